The highest BCUT2D eigenvalue weighted by atomic mass is 19.1. The molecule has 0 fully saturated rings. The van der Waals surface area contributed by atoms with Crippen LogP contribution in [0.5, 0.6) is 0 Å². The highest BCUT2D eigenvalue weighted by Gasteiger charge is 2.27. The molecule has 0 heterocycles. The van der Waals surface area contributed by atoms with Gasteiger partial charge in [0.05, 0.1) is 5.69 Å². The molecule has 88 valence electrons. The molecule has 0 radical (unpaired) electrons. The third-order valence-corrected chi connectivity index (χ3v) is 2.24. The zero-order valence-electron chi connectivity index (χ0n) is 9.30. The second kappa shape index (κ2) is 4.57. The van der Waals surface area contributed by atoms with Crippen LogP contribution in [0.4, 0.5) is 14.5 Å². The summed E-state index contributed by atoms with van der Waals surface area (Å²) in [7, 11) is 1.38. The summed E-state index contributed by atoms with van der Waals surface area (Å²) in [6.07, 6.45) is 0. The third-order valence-electron chi connectivity index (χ3n) is 2.24. The molecule has 1 aromatic carbocycles. The van der Waals surface area contributed by atoms with E-state index >= 15 is 0 Å². The van der Waals surface area contributed by atoms with E-state index in [1.54, 1.807) is 13.8 Å². The predicted molar refractivity (Wildman–Crippen MR) is 56.1 cm³/mol. The molecule has 5 heteroatoms. The van der Waals surface area contributed by atoms with Crippen LogP contribution in [0.3, 0.4) is 0 Å². The number of ether oxygens (including phenoxy) is 1. The lowest BCUT2D eigenvalue weighted by atomic mass is 10.1. The minimum atomic E-state index is -1.07. The molecule has 0 saturated carbocycles. The molecule has 1 amide bonds. The largest absolute Gasteiger partial charge is 0.369 e. The first-order chi connectivity index (χ1) is 7.36. The average molecular weight is 229 g/mol. The van der Waals surface area contributed by atoms with Crippen molar-refractivity contribution in [3.8, 4) is 0 Å². The molecule has 0 unspecified atom stereocenters. The maximum Gasteiger partial charge on any atom is 0.256 e. The number of rotatable bonds is 3. The van der Waals surface area contributed by atoms with Crippen molar-refractivity contribution in [1.82, 2.24) is 0 Å². The van der Waals surface area contributed by atoms with Gasteiger partial charge in [-0.1, -0.05) is 0 Å². The quantitative estimate of drug-likeness (QED) is 0.863. The van der Waals surface area contributed by atoms with E-state index in [1.807, 2.05) is 0 Å². The summed E-state index contributed by atoms with van der Waals surface area (Å²) in [5.41, 5.74) is -1.14. The van der Waals surface area contributed by atoms with Crippen molar-refractivity contribution in [1.29, 1.82) is 0 Å². The monoisotopic (exact) mass is 229 g/mol. The van der Waals surface area contributed by atoms with Crippen LogP contribution in [-0.4, -0.2) is 18.6 Å². The van der Waals surface area contributed by atoms with Gasteiger partial charge < -0.3 is 10.1 Å². The van der Waals surface area contributed by atoms with Crippen molar-refractivity contribution < 1.29 is 18.3 Å². The lowest BCUT2D eigenvalue weighted by Gasteiger charge is -2.21. The molecule has 0 spiro atoms. The Kier molecular flexibility index (Phi) is 3.59. The van der Waals surface area contributed by atoms with Crippen molar-refractivity contribution >= 4 is 11.6 Å². The SMILES string of the molecule is COC(C)(C)C(=O)Nc1ccc(F)cc1F. The van der Waals surface area contributed by atoms with Crippen LogP contribution in [-0.2, 0) is 9.53 Å². The van der Waals surface area contributed by atoms with E-state index in [9.17, 15) is 13.6 Å². The van der Waals surface area contributed by atoms with Gasteiger partial charge >= 0.3 is 0 Å². The zero-order valence-corrected chi connectivity index (χ0v) is 9.30. The van der Waals surface area contributed by atoms with Gasteiger partial charge in [-0.3, -0.25) is 4.79 Å². The fraction of sp³-hybridized carbons (Fsp3) is 0.364. The van der Waals surface area contributed by atoms with Gasteiger partial charge in [0.2, 0.25) is 0 Å². The molecule has 0 aliphatic carbocycles. The maximum atomic E-state index is 13.2. The molecule has 3 nitrogen and oxygen atoms in total. The van der Waals surface area contributed by atoms with Crippen molar-refractivity contribution in [2.24, 2.45) is 0 Å². The summed E-state index contributed by atoms with van der Waals surface area (Å²) >= 11 is 0. The van der Waals surface area contributed by atoms with Crippen molar-refractivity contribution in [2.45, 2.75) is 19.4 Å². The molecule has 0 aromatic heterocycles. The summed E-state index contributed by atoms with van der Waals surface area (Å²) in [5, 5.41) is 2.32. The lowest BCUT2D eigenvalue weighted by molar-refractivity contribution is -0.133. The standard InChI is InChI=1S/C11H13F2NO2/c1-11(2,16-3)10(15)14-9-5-4-7(12)6-8(9)13/h4-6H,1-3H3,(H,14,15). The van der Waals surface area contributed by atoms with Crippen molar-refractivity contribution in [3.05, 3.63) is 29.8 Å². The molecular formula is C11H13F2NO2. The second-order valence-corrected chi connectivity index (χ2v) is 3.79. The fourth-order valence-corrected chi connectivity index (χ4v) is 0.956. The van der Waals surface area contributed by atoms with E-state index in [1.165, 1.54) is 7.11 Å². The molecule has 0 aliphatic heterocycles. The third kappa shape index (κ3) is 2.76. The molecule has 0 saturated heterocycles. The number of carbonyl (C=O) groups is 1. The van der Waals surface area contributed by atoms with Gasteiger partial charge in [-0.05, 0) is 26.0 Å². The first-order valence-electron chi connectivity index (χ1n) is 4.68. The number of hydrogen-bond donors (Lipinski definition) is 1. The first kappa shape index (κ1) is 12.6. The van der Waals surface area contributed by atoms with E-state index in [-0.39, 0.29) is 5.69 Å². The van der Waals surface area contributed by atoms with Crippen LogP contribution < -0.4 is 5.32 Å². The van der Waals surface area contributed by atoms with Gasteiger partial charge in [-0.25, -0.2) is 8.78 Å². The van der Waals surface area contributed by atoms with Gasteiger partial charge in [-0.2, -0.15) is 0 Å². The minimum Gasteiger partial charge on any atom is -0.369 e. The maximum absolute atomic E-state index is 13.2. The van der Waals surface area contributed by atoms with Gasteiger partial charge in [0, 0.05) is 13.2 Å². The molecule has 16 heavy (non-hydrogen) atoms. The summed E-state index contributed by atoms with van der Waals surface area (Å²) in [6, 6.07) is 2.93. The topological polar surface area (TPSA) is 38.3 Å². The molecule has 1 aromatic rings. The van der Waals surface area contributed by atoms with E-state index in [4.69, 9.17) is 4.74 Å². The number of methoxy groups -OCH3 is 1. The van der Waals surface area contributed by atoms with Gasteiger partial charge in [-0.15, -0.1) is 0 Å². The normalized spacial score (nSPS) is 11.3. The summed E-state index contributed by atoms with van der Waals surface area (Å²) in [4.78, 5) is 11.6. The number of benzene rings is 1. The van der Waals surface area contributed by atoms with Crippen LogP contribution in [0.2, 0.25) is 0 Å². The smallest absolute Gasteiger partial charge is 0.256 e. The Hall–Kier alpha value is -1.49. The molecule has 0 bridgehead atoms. The second-order valence-electron chi connectivity index (χ2n) is 3.79. The molecule has 0 atom stereocenters. The number of amides is 1. The van der Waals surface area contributed by atoms with E-state index in [0.29, 0.717) is 6.07 Å². The van der Waals surface area contributed by atoms with Crippen molar-refractivity contribution in [3.63, 3.8) is 0 Å². The Labute approximate surface area is 92.4 Å². The summed E-state index contributed by atoms with van der Waals surface area (Å²) < 4.78 is 30.7. The first-order valence-corrected chi connectivity index (χ1v) is 4.68. The fourth-order valence-electron chi connectivity index (χ4n) is 0.956. The van der Waals surface area contributed by atoms with Gasteiger partial charge in [0.25, 0.3) is 5.91 Å². The van der Waals surface area contributed by atoms with Crippen molar-refractivity contribution in [2.75, 3.05) is 12.4 Å². The number of carbonyl (C=O) groups excluding carboxylic acids is 1. The van der Waals surface area contributed by atoms with Crippen LogP contribution in [0, 0.1) is 11.6 Å². The van der Waals surface area contributed by atoms with Crippen LogP contribution >= 0.6 is 0 Å². The Bertz CT molecular complexity index is 405. The Morgan fingerprint density at radius 3 is 2.50 bits per heavy atom. The van der Waals surface area contributed by atoms with E-state index in [2.05, 4.69) is 5.32 Å². The number of anilines is 1. The number of halogens is 2. The Balaban J connectivity index is 2.85. The summed E-state index contributed by atoms with van der Waals surface area (Å²) in [5.74, 6) is -2.01. The highest BCUT2D eigenvalue weighted by molar-refractivity contribution is 5.96. The van der Waals surface area contributed by atoms with Crippen LogP contribution in [0.25, 0.3) is 0 Å². The molecule has 1 N–H and O–H groups in total. The van der Waals surface area contributed by atoms with E-state index in [0.717, 1.165) is 12.1 Å². The minimum absolute atomic E-state index is 0.0727. The van der Waals surface area contributed by atoms with Crippen LogP contribution in [0.15, 0.2) is 18.2 Å². The predicted octanol–water partition coefficient (Wildman–Crippen LogP) is 2.33. The molecule has 0 aliphatic rings. The number of nitrogens with one attached hydrogen (secondary N) is 1. The average Bonchev–Trinajstić information content (AvgIpc) is 2.22. The highest BCUT2D eigenvalue weighted by Crippen LogP contribution is 2.17. The van der Waals surface area contributed by atoms with Gasteiger partial charge in [0.1, 0.15) is 17.2 Å². The molecular weight excluding hydrogens is 216 g/mol. The van der Waals surface area contributed by atoms with Crippen LogP contribution in [0.1, 0.15) is 13.8 Å². The van der Waals surface area contributed by atoms with E-state index < -0.39 is 23.1 Å². The lowest BCUT2D eigenvalue weighted by Crippen LogP contribution is -2.39. The van der Waals surface area contributed by atoms with Gasteiger partial charge in [0.15, 0.2) is 0 Å². The Morgan fingerprint density at radius 2 is 2.00 bits per heavy atom. The number of hydrogen-bond acceptors (Lipinski definition) is 2. The molecule has 1 rings (SSSR count). The summed E-state index contributed by atoms with van der Waals surface area (Å²) in [6.45, 7) is 3.09. The Morgan fingerprint density at radius 1 is 1.38 bits per heavy atom. The zero-order chi connectivity index (χ0) is 12.3.